The second-order valence-corrected chi connectivity index (χ2v) is 34.9. The largest absolute Gasteiger partial charge is 4.00 e. The zero-order valence-corrected chi connectivity index (χ0v) is 66.0. The number of benzene rings is 8. The van der Waals surface area contributed by atoms with Crippen LogP contribution in [0.25, 0.3) is 77.2 Å². The van der Waals surface area contributed by atoms with Crippen molar-refractivity contribution in [2.24, 2.45) is 10.8 Å². The smallest absolute Gasteiger partial charge is 0.506 e. The number of rotatable bonds is 14. The van der Waals surface area contributed by atoms with Crippen molar-refractivity contribution in [3.05, 3.63) is 217 Å². The number of phenolic OH excluding ortho intramolecular Hbond substituents is 2. The van der Waals surface area contributed by atoms with E-state index in [0.717, 1.165) is 90.7 Å². The molecule has 0 aliphatic rings. The third-order valence-electron chi connectivity index (χ3n) is 19.2. The van der Waals surface area contributed by atoms with Crippen LogP contribution in [0.5, 0.6) is 11.5 Å². The SMILES string of the molecule is Cc1cc(F)cc(-c2cc(C(C)(C)CC(C)(C)C)cc(-n3c4cc(C(C)(C)C)ccc4c4ccc(C(C)(C)C)cc43)c2O)c1[CH-]CCC[CH-]c1ccc(F)cc1-c1cc(C(C)(C)CC(C)(C)C)cc(-n2c3cc(C(C)(C)C)ccc3c3ccc(C(C)(C)C)cc32)c1O.[CH3-].[CH3-].[Hf+4]. The Morgan fingerprint density at radius 3 is 1.05 bits per heavy atom. The van der Waals surface area contributed by atoms with Crippen molar-refractivity contribution in [3.8, 4) is 45.1 Å². The topological polar surface area (TPSA) is 50.3 Å². The number of phenols is 2. The number of nitrogens with zero attached hydrogens (tertiary/aromatic N) is 2. The molecule has 0 saturated carbocycles. The maximum Gasteiger partial charge on any atom is 4.00 e. The molecule has 0 aliphatic carbocycles. The summed E-state index contributed by atoms with van der Waals surface area (Å²) in [5.74, 6) is -0.563. The Hall–Kier alpha value is -6.57. The first kappa shape index (κ1) is 75.8. The Kier molecular flexibility index (Phi) is 21.3. The zero-order valence-electron chi connectivity index (χ0n) is 62.4. The van der Waals surface area contributed by atoms with Gasteiger partial charge in [-0.15, -0.1) is 16.7 Å². The van der Waals surface area contributed by atoms with Crippen LogP contribution in [0.2, 0.25) is 0 Å². The predicted molar refractivity (Wildman–Crippen MR) is 403 cm³/mol. The molecule has 95 heavy (non-hydrogen) atoms. The van der Waals surface area contributed by atoms with Crippen molar-refractivity contribution >= 4 is 43.6 Å². The summed E-state index contributed by atoms with van der Waals surface area (Å²) in [6.07, 6.45) is 8.10. The molecule has 10 aromatic rings. The Balaban J connectivity index is 0.00000425. The average Bonchev–Trinajstić information content (AvgIpc) is 1.61. The van der Waals surface area contributed by atoms with E-state index in [1.807, 2.05) is 13.0 Å². The average molecular weight is 1440 g/mol. The number of halogens is 2. The summed E-state index contributed by atoms with van der Waals surface area (Å²) in [6.45, 7) is 51.5. The molecule has 7 heteroatoms. The van der Waals surface area contributed by atoms with Gasteiger partial charge in [-0.1, -0.05) is 263 Å². The van der Waals surface area contributed by atoms with E-state index in [4.69, 9.17) is 0 Å². The van der Waals surface area contributed by atoms with Crippen molar-refractivity contribution in [2.75, 3.05) is 0 Å². The fourth-order valence-electron chi connectivity index (χ4n) is 14.9. The van der Waals surface area contributed by atoms with Crippen LogP contribution in [-0.2, 0) is 58.3 Å². The summed E-state index contributed by atoms with van der Waals surface area (Å²) in [6, 6.07) is 43.7. The van der Waals surface area contributed by atoms with Gasteiger partial charge in [-0.25, -0.2) is 8.78 Å². The Morgan fingerprint density at radius 1 is 0.368 bits per heavy atom. The predicted octanol–water partition coefficient (Wildman–Crippen LogP) is 25.7. The monoisotopic (exact) mass is 1440 g/mol. The van der Waals surface area contributed by atoms with E-state index in [9.17, 15) is 10.2 Å². The molecule has 4 nitrogen and oxygen atoms in total. The van der Waals surface area contributed by atoms with E-state index in [-0.39, 0.29) is 107 Å². The number of aromatic hydroxyl groups is 2. The summed E-state index contributed by atoms with van der Waals surface area (Å²) in [5.41, 5.74) is 15.9. The molecule has 8 aromatic carbocycles. The van der Waals surface area contributed by atoms with Gasteiger partial charge in [0.05, 0.1) is 45.1 Å². The number of fused-ring (bicyclic) bond motifs is 6. The molecular weight excluding hydrogens is 1330 g/mol. The molecular formula is C88H110F2HfN2O2. The van der Waals surface area contributed by atoms with Gasteiger partial charge in [0.1, 0.15) is 11.5 Å². The normalized spacial score (nSPS) is 12.9. The summed E-state index contributed by atoms with van der Waals surface area (Å²) < 4.78 is 36.9. The van der Waals surface area contributed by atoms with Crippen LogP contribution in [0.3, 0.4) is 0 Å². The fraction of sp³-hybridized carbons (Fsp3) is 0.409. The van der Waals surface area contributed by atoms with Crippen LogP contribution < -0.4 is 0 Å². The molecule has 0 aliphatic heterocycles. The molecule has 0 spiro atoms. The van der Waals surface area contributed by atoms with Gasteiger partial charge in [0.15, 0.2) is 0 Å². The number of hydrogen-bond acceptors (Lipinski definition) is 2. The van der Waals surface area contributed by atoms with Crippen molar-refractivity contribution in [1.82, 2.24) is 9.13 Å². The fourth-order valence-corrected chi connectivity index (χ4v) is 14.9. The van der Waals surface area contributed by atoms with Crippen LogP contribution in [0.15, 0.2) is 127 Å². The molecule has 0 amide bonds. The zero-order chi connectivity index (χ0) is 67.5. The van der Waals surface area contributed by atoms with Crippen molar-refractivity contribution in [1.29, 1.82) is 0 Å². The first-order valence-corrected chi connectivity index (χ1v) is 33.6. The van der Waals surface area contributed by atoms with Crippen molar-refractivity contribution < 1.29 is 44.8 Å². The molecule has 10 rings (SSSR count). The minimum Gasteiger partial charge on any atom is -0.506 e. The van der Waals surface area contributed by atoms with Gasteiger partial charge < -0.3 is 34.2 Å². The van der Waals surface area contributed by atoms with Crippen molar-refractivity contribution in [3.63, 3.8) is 0 Å². The molecule has 2 N–H and O–H groups in total. The first-order chi connectivity index (χ1) is 42.4. The molecule has 0 atom stereocenters. The van der Waals surface area contributed by atoms with Crippen LogP contribution >= 0.6 is 0 Å². The van der Waals surface area contributed by atoms with Gasteiger partial charge in [0.25, 0.3) is 0 Å². The minimum atomic E-state index is -0.383. The maximum atomic E-state index is 16.3. The van der Waals surface area contributed by atoms with E-state index < -0.39 is 0 Å². The van der Waals surface area contributed by atoms with Crippen LogP contribution in [-0.4, -0.2) is 19.3 Å². The van der Waals surface area contributed by atoms with E-state index in [1.54, 1.807) is 18.2 Å². The van der Waals surface area contributed by atoms with Gasteiger partial charge in [-0.05, 0) is 137 Å². The van der Waals surface area contributed by atoms with Gasteiger partial charge in [-0.3, -0.25) is 0 Å². The molecule has 0 fully saturated rings. The number of hydrogen-bond donors (Lipinski definition) is 2. The molecule has 0 unspecified atom stereocenters. The maximum absolute atomic E-state index is 16.3. The van der Waals surface area contributed by atoms with Gasteiger partial charge in [0.2, 0.25) is 0 Å². The second kappa shape index (κ2) is 26.7. The van der Waals surface area contributed by atoms with Gasteiger partial charge >= 0.3 is 25.8 Å². The second-order valence-electron chi connectivity index (χ2n) is 34.9. The molecule has 0 bridgehead atoms. The van der Waals surface area contributed by atoms with E-state index in [2.05, 4.69) is 271 Å². The summed E-state index contributed by atoms with van der Waals surface area (Å²) in [5, 5.41) is 30.9. The van der Waals surface area contributed by atoms with Crippen LogP contribution in [0.4, 0.5) is 8.78 Å². The Morgan fingerprint density at radius 2 is 0.705 bits per heavy atom. The van der Waals surface area contributed by atoms with E-state index >= 15 is 8.78 Å². The molecule has 2 aromatic heterocycles. The van der Waals surface area contributed by atoms with E-state index in [0.29, 0.717) is 46.5 Å². The Labute approximate surface area is 590 Å². The third kappa shape index (κ3) is 15.6. The molecule has 502 valence electrons. The van der Waals surface area contributed by atoms with Crippen LogP contribution in [0.1, 0.15) is 234 Å². The number of aryl methyl sites for hydroxylation is 1. The quantitative estimate of drug-likeness (QED) is 0.0648. The summed E-state index contributed by atoms with van der Waals surface area (Å²) in [4.78, 5) is 0. The van der Waals surface area contributed by atoms with Crippen LogP contribution in [0, 0.1) is 57.1 Å². The Bertz CT molecular complexity index is 4340. The third-order valence-corrected chi connectivity index (χ3v) is 19.2. The molecule has 2 heterocycles. The molecule has 0 saturated heterocycles. The number of aromatic nitrogens is 2. The first-order valence-electron chi connectivity index (χ1n) is 33.6. The molecule has 0 radical (unpaired) electrons. The summed E-state index contributed by atoms with van der Waals surface area (Å²) >= 11 is 0. The van der Waals surface area contributed by atoms with Crippen molar-refractivity contribution in [2.45, 2.75) is 224 Å². The standard InChI is InChI=1S/C86H104F2N2O2.2CH3.Hf/c1-52-39-61(88)49-68(70-41-59(86(22,23)51-80(5,6)7)47-76(78(70)92)90-73-44-56(83(14,15)16)32-37-65(73)66-38-33-57(45-74(66)90)84(17,18)19)62(52)28-26-24-25-27-53-29-34-60(87)48-67(53)69-40-58(85(20,21)50-79(2,3)4)46-75(77(69)91)89-71-42-54(81(8,9)10)30-35-63(71)64-36-31-55(43-72(64)89)82(11,12)13;;;/h27-49,91-92H,24-26,50-51H2,1-23H3;2*1H3;/q-2;2*-1;+4. The minimum absolute atomic E-state index is 0. The summed E-state index contributed by atoms with van der Waals surface area (Å²) in [7, 11) is 0. The van der Waals surface area contributed by atoms with Gasteiger partial charge in [-0.2, -0.15) is 30.0 Å². The van der Waals surface area contributed by atoms with E-state index in [1.165, 1.54) is 28.3 Å². The van der Waals surface area contributed by atoms with Gasteiger partial charge in [0, 0.05) is 21.5 Å². The number of unbranched alkanes of at least 4 members (excludes halogenated alkanes) is 2.